The molecule has 2 rings (SSSR count). The van der Waals surface area contributed by atoms with Crippen LogP contribution in [0, 0.1) is 0 Å². The van der Waals surface area contributed by atoms with Crippen molar-refractivity contribution in [2.45, 2.75) is 24.5 Å². The largest absolute Gasteiger partial charge is 0.394 e. The van der Waals surface area contributed by atoms with Crippen molar-refractivity contribution in [3.63, 3.8) is 0 Å². The molecular formula is C8H12N4O5. The van der Waals surface area contributed by atoms with E-state index in [-0.39, 0.29) is 5.95 Å². The Bertz CT molecular complexity index is 463. The minimum Gasteiger partial charge on any atom is -0.394 e. The molecule has 1 aliphatic heterocycles. The Morgan fingerprint density at radius 3 is 2.71 bits per heavy atom. The van der Waals surface area contributed by atoms with E-state index in [1.54, 1.807) is 0 Å². The third-order valence-electron chi connectivity index (χ3n) is 2.54. The lowest BCUT2D eigenvalue weighted by Gasteiger charge is -2.16. The normalized spacial score (nSPS) is 32.9. The molecule has 9 heteroatoms. The first-order valence-electron chi connectivity index (χ1n) is 4.87. The third kappa shape index (κ3) is 2.00. The van der Waals surface area contributed by atoms with Gasteiger partial charge in [-0.2, -0.15) is 4.98 Å². The van der Waals surface area contributed by atoms with Crippen molar-refractivity contribution in [1.29, 1.82) is 0 Å². The van der Waals surface area contributed by atoms with Crippen molar-refractivity contribution in [3.05, 3.63) is 16.8 Å². The van der Waals surface area contributed by atoms with Crippen molar-refractivity contribution >= 4 is 5.95 Å². The fourth-order valence-electron chi connectivity index (χ4n) is 1.64. The Morgan fingerprint density at radius 1 is 1.47 bits per heavy atom. The average molecular weight is 250 g/mol. The van der Waals surface area contributed by atoms with Crippen molar-refractivity contribution < 1.29 is 20.1 Å². The smallest absolute Gasteiger partial charge is 0.354 e. The minimum atomic E-state index is -1.35. The molecule has 0 unspecified atom stereocenters. The summed E-state index contributed by atoms with van der Waals surface area (Å²) in [6.45, 7) is -0.473. The van der Waals surface area contributed by atoms with Crippen LogP contribution in [0.1, 0.15) is 6.23 Å². The second-order valence-corrected chi connectivity index (χ2v) is 3.63. The zero-order valence-electron chi connectivity index (χ0n) is 8.67. The maximum absolute atomic E-state index is 11.5. The SMILES string of the molecule is [15NH2][13c]1[15n]c[15n]([C@@H]2O[C@H](CO)[C@@H](O)[C@H]2O)[13c](=O)[15n]1. The summed E-state index contributed by atoms with van der Waals surface area (Å²) in [6, 6.07) is 0. The number of anilines is 1. The Labute approximate surface area is 95.1 Å². The van der Waals surface area contributed by atoms with Crippen LogP contribution < -0.4 is 11.4 Å². The van der Waals surface area contributed by atoms with Gasteiger partial charge in [0.2, 0.25) is 5.95 Å². The number of ether oxygens (including phenoxy) is 1. The predicted octanol–water partition coefficient (Wildman–Crippen LogP) is -3.17. The van der Waals surface area contributed by atoms with Gasteiger partial charge in [-0.1, -0.05) is 0 Å². The van der Waals surface area contributed by atoms with Gasteiger partial charge in [-0.25, -0.2) is 9.78 Å². The predicted molar refractivity (Wildman–Crippen MR) is 53.7 cm³/mol. The fraction of sp³-hybridized carbons (Fsp3) is 0.625. The number of hydrogen-bond acceptors (Lipinski definition) is 8. The van der Waals surface area contributed by atoms with Gasteiger partial charge in [0.05, 0.1) is 6.61 Å². The van der Waals surface area contributed by atoms with Gasteiger partial charge in [-0.3, -0.25) is 4.57 Å². The Balaban J connectivity index is 2.32. The van der Waals surface area contributed by atoms with Crippen molar-refractivity contribution in [2.24, 2.45) is 0 Å². The van der Waals surface area contributed by atoms with Crippen LogP contribution in [0.2, 0.25) is 0 Å². The summed E-state index contributed by atoms with van der Waals surface area (Å²) in [7, 11) is 0. The molecule has 17 heavy (non-hydrogen) atoms. The summed E-state index contributed by atoms with van der Waals surface area (Å²) in [5.41, 5.74) is 4.46. The first-order chi connectivity index (χ1) is 8.04. The van der Waals surface area contributed by atoms with Gasteiger partial charge in [-0.05, 0) is 0 Å². The number of aliphatic hydroxyl groups excluding tert-OH is 3. The zero-order valence-corrected chi connectivity index (χ0v) is 8.67. The number of aromatic nitrogens is 3. The summed E-state index contributed by atoms with van der Waals surface area (Å²) in [6.07, 6.45) is -3.67. The monoisotopic (exact) mass is 250 g/mol. The lowest BCUT2D eigenvalue weighted by molar-refractivity contribution is -0.0554. The first kappa shape index (κ1) is 11.9. The van der Waals surface area contributed by atoms with Crippen LogP contribution in [0.4, 0.5) is 5.95 Å². The lowest BCUT2D eigenvalue weighted by Crippen LogP contribution is -2.36. The maximum atomic E-state index is 11.5. The zero-order chi connectivity index (χ0) is 12.6. The van der Waals surface area contributed by atoms with Crippen LogP contribution in [-0.4, -0.2) is 54.8 Å². The standard InChI is InChI=1S/C8H12N4O5/c9-7-10-2-12(8(16)11-7)6-5(15)4(14)3(1-13)17-6/h2-6,13-15H,1H2,(H2,9,11,16)/t3-,4-,5-,6-/m1/s1/i7+1,8+1,9+1,10+1,11+1,12+1. The molecule has 2 heterocycles. The molecule has 1 fully saturated rings. The number of hydrogen-bond donors (Lipinski definition) is 4. The quantitative estimate of drug-likeness (QED) is 0.402. The number of nitrogens with two attached hydrogens (primary N) is 1. The molecule has 4 atom stereocenters. The molecule has 0 bridgehead atoms. The summed E-state index contributed by atoms with van der Waals surface area (Å²) >= 11 is 0. The average Bonchev–Trinajstić information content (AvgIpc) is 2.57. The van der Waals surface area contributed by atoms with E-state index >= 15 is 0 Å². The number of nitrogens with zero attached hydrogens (tertiary/aromatic N) is 3. The van der Waals surface area contributed by atoms with Gasteiger partial charge in [-0.15, -0.1) is 0 Å². The molecule has 0 aliphatic carbocycles. The maximum Gasteiger partial charge on any atom is 0.354 e. The van der Waals surface area contributed by atoms with Crippen molar-refractivity contribution in [3.8, 4) is 0 Å². The summed E-state index contributed by atoms with van der Waals surface area (Å²) in [4.78, 5) is 18.4. The van der Waals surface area contributed by atoms with Gasteiger partial charge in [0.25, 0.3) is 0 Å². The lowest BCUT2D eigenvalue weighted by atomic mass is 10.1. The summed E-state index contributed by atoms with van der Waals surface area (Å²) < 4.78 is 6.04. The van der Waals surface area contributed by atoms with Gasteiger partial charge in [0.1, 0.15) is 24.6 Å². The molecule has 1 aromatic heterocycles. The molecule has 9 nitrogen and oxygen atoms in total. The number of rotatable bonds is 2. The second-order valence-electron chi connectivity index (χ2n) is 3.63. The topological polar surface area (TPSA) is 144 Å². The van der Waals surface area contributed by atoms with Gasteiger partial charge < -0.3 is 25.8 Å². The highest BCUT2D eigenvalue weighted by atomic mass is 16.6. The Morgan fingerprint density at radius 2 is 2.18 bits per heavy atom. The molecule has 0 spiro atoms. The molecule has 0 amide bonds. The summed E-state index contributed by atoms with van der Waals surface area (Å²) in [5, 5.41) is 28.1. The van der Waals surface area contributed by atoms with E-state index in [0.717, 1.165) is 10.9 Å². The van der Waals surface area contributed by atoms with Crippen LogP contribution in [0.25, 0.3) is 0 Å². The summed E-state index contributed by atoms with van der Waals surface area (Å²) in [5.74, 6) is -0.196. The molecule has 1 aromatic rings. The molecule has 1 saturated heterocycles. The highest BCUT2D eigenvalue weighted by molar-refractivity contribution is 5.10. The Hall–Kier alpha value is -1.55. The highest BCUT2D eigenvalue weighted by Gasteiger charge is 2.43. The van der Waals surface area contributed by atoms with Gasteiger partial charge in [0.15, 0.2) is 6.23 Å². The first-order valence-corrected chi connectivity index (χ1v) is 4.87. The van der Waals surface area contributed by atoms with Crippen LogP contribution in [0.3, 0.4) is 0 Å². The van der Waals surface area contributed by atoms with Crippen LogP contribution in [0.15, 0.2) is 11.1 Å². The van der Waals surface area contributed by atoms with E-state index < -0.39 is 36.8 Å². The number of nitrogen functional groups attached to an aromatic ring is 1. The van der Waals surface area contributed by atoms with E-state index in [9.17, 15) is 15.0 Å². The number of aliphatic hydroxyl groups is 3. The van der Waals surface area contributed by atoms with E-state index in [1.165, 1.54) is 0 Å². The van der Waals surface area contributed by atoms with Crippen molar-refractivity contribution in [2.75, 3.05) is 12.3 Å². The van der Waals surface area contributed by atoms with E-state index in [4.69, 9.17) is 15.6 Å². The molecule has 5 N–H and O–H groups in total. The molecular weight excluding hydrogens is 238 g/mol. The molecule has 0 radical (unpaired) electrons. The van der Waals surface area contributed by atoms with Gasteiger partial charge in [0, 0.05) is 0 Å². The van der Waals surface area contributed by atoms with Crippen LogP contribution in [0.5, 0.6) is 0 Å². The molecule has 0 saturated carbocycles. The third-order valence-corrected chi connectivity index (χ3v) is 2.54. The molecule has 94 valence electrons. The van der Waals surface area contributed by atoms with Crippen LogP contribution in [-0.2, 0) is 4.74 Å². The molecule has 1 aliphatic rings. The Kier molecular flexibility index (Phi) is 3.07. The minimum absolute atomic E-state index is 0.196. The van der Waals surface area contributed by atoms with E-state index in [2.05, 4.69) is 9.97 Å². The fourth-order valence-corrected chi connectivity index (χ4v) is 1.64. The van der Waals surface area contributed by atoms with E-state index in [1.807, 2.05) is 0 Å². The molecule has 0 aromatic carbocycles. The van der Waals surface area contributed by atoms with Gasteiger partial charge >= 0.3 is 5.69 Å². The van der Waals surface area contributed by atoms with Crippen molar-refractivity contribution in [1.82, 2.24) is 14.5 Å². The second kappa shape index (κ2) is 4.37. The van der Waals surface area contributed by atoms with Crippen LogP contribution >= 0.6 is 0 Å². The van der Waals surface area contributed by atoms with E-state index in [0.29, 0.717) is 0 Å². The highest BCUT2D eigenvalue weighted by Crippen LogP contribution is 2.27.